The number of hydrogen-bond acceptors (Lipinski definition) is 4. The smallest absolute Gasteiger partial charge is 0.252 e. The van der Waals surface area contributed by atoms with Crippen LogP contribution in [0.25, 0.3) is 0 Å². The zero-order valence-corrected chi connectivity index (χ0v) is 10.5. The molecule has 6 nitrogen and oxygen atoms in total. The first kappa shape index (κ1) is 12.6. The van der Waals surface area contributed by atoms with E-state index in [1.807, 2.05) is 6.07 Å². The van der Waals surface area contributed by atoms with Crippen LogP contribution in [-0.2, 0) is 7.05 Å². The van der Waals surface area contributed by atoms with Crippen LogP contribution in [-0.4, -0.2) is 15.7 Å². The second-order valence-electron chi connectivity index (χ2n) is 3.96. The second-order valence-corrected chi connectivity index (χ2v) is 3.96. The SMILES string of the molecule is Cc1nn(C)c(Oc2ccccc2C(N)=O)c1C#N. The van der Waals surface area contributed by atoms with Crippen molar-refractivity contribution < 1.29 is 9.53 Å². The fourth-order valence-corrected chi connectivity index (χ4v) is 1.75. The number of para-hydroxylation sites is 1. The topological polar surface area (TPSA) is 93.9 Å². The molecule has 0 aliphatic carbocycles. The quantitative estimate of drug-likeness (QED) is 0.900. The highest BCUT2D eigenvalue weighted by atomic mass is 16.5. The minimum Gasteiger partial charge on any atom is -0.437 e. The van der Waals surface area contributed by atoms with E-state index in [1.165, 1.54) is 4.68 Å². The van der Waals surface area contributed by atoms with Gasteiger partial charge in [-0.2, -0.15) is 10.4 Å². The summed E-state index contributed by atoms with van der Waals surface area (Å²) in [6, 6.07) is 8.61. The minimum atomic E-state index is -0.590. The van der Waals surface area contributed by atoms with Gasteiger partial charge in [0.25, 0.3) is 5.91 Å². The van der Waals surface area contributed by atoms with Gasteiger partial charge in [-0.1, -0.05) is 12.1 Å². The zero-order valence-electron chi connectivity index (χ0n) is 10.5. The van der Waals surface area contributed by atoms with Crippen molar-refractivity contribution in [3.05, 3.63) is 41.1 Å². The number of carbonyl (C=O) groups is 1. The summed E-state index contributed by atoms with van der Waals surface area (Å²) in [5.74, 6) is -0.00352. The lowest BCUT2D eigenvalue weighted by Gasteiger charge is -2.09. The Bertz CT molecular complexity index is 682. The molecule has 0 fully saturated rings. The first-order valence-corrected chi connectivity index (χ1v) is 5.55. The minimum absolute atomic E-state index is 0.255. The van der Waals surface area contributed by atoms with E-state index in [1.54, 1.807) is 38.2 Å². The highest BCUT2D eigenvalue weighted by Gasteiger charge is 2.17. The van der Waals surface area contributed by atoms with Crippen LogP contribution in [0, 0.1) is 18.3 Å². The summed E-state index contributed by atoms with van der Waals surface area (Å²) in [6.45, 7) is 1.71. The van der Waals surface area contributed by atoms with Gasteiger partial charge in [0.1, 0.15) is 17.4 Å². The van der Waals surface area contributed by atoms with Crippen molar-refractivity contribution in [3.8, 4) is 17.7 Å². The van der Waals surface area contributed by atoms with E-state index in [0.717, 1.165) is 0 Å². The number of aromatic nitrogens is 2. The molecule has 1 aromatic heterocycles. The van der Waals surface area contributed by atoms with Crippen LogP contribution in [0.1, 0.15) is 21.6 Å². The molecule has 0 unspecified atom stereocenters. The molecule has 96 valence electrons. The Labute approximate surface area is 110 Å². The molecule has 0 atom stereocenters. The van der Waals surface area contributed by atoms with Gasteiger partial charge in [-0.25, -0.2) is 4.68 Å². The molecule has 0 bridgehead atoms. The Morgan fingerprint density at radius 3 is 2.79 bits per heavy atom. The molecule has 0 saturated heterocycles. The van der Waals surface area contributed by atoms with E-state index in [-0.39, 0.29) is 11.4 Å². The number of rotatable bonds is 3. The average Bonchev–Trinajstić information content (AvgIpc) is 2.64. The largest absolute Gasteiger partial charge is 0.437 e. The number of nitrogens with zero attached hydrogens (tertiary/aromatic N) is 3. The summed E-state index contributed by atoms with van der Waals surface area (Å²) in [7, 11) is 1.66. The number of amides is 1. The van der Waals surface area contributed by atoms with E-state index < -0.39 is 5.91 Å². The second kappa shape index (κ2) is 4.82. The van der Waals surface area contributed by atoms with Gasteiger partial charge in [0, 0.05) is 7.05 Å². The summed E-state index contributed by atoms with van der Waals surface area (Å²) in [4.78, 5) is 11.3. The first-order valence-electron chi connectivity index (χ1n) is 5.55. The monoisotopic (exact) mass is 256 g/mol. The molecule has 19 heavy (non-hydrogen) atoms. The van der Waals surface area contributed by atoms with E-state index in [4.69, 9.17) is 15.7 Å². The van der Waals surface area contributed by atoms with Crippen molar-refractivity contribution in [1.29, 1.82) is 5.26 Å². The Hall–Kier alpha value is -2.81. The van der Waals surface area contributed by atoms with Gasteiger partial charge in [0.15, 0.2) is 0 Å². The standard InChI is InChI=1S/C13H12N4O2/c1-8-10(7-14)13(17(2)16-8)19-11-6-4-3-5-9(11)12(15)18/h3-6H,1-2H3,(H2,15,18). The molecule has 1 heterocycles. The summed E-state index contributed by atoms with van der Waals surface area (Å²) in [5, 5.41) is 13.2. The number of benzene rings is 1. The molecule has 0 radical (unpaired) electrons. The van der Waals surface area contributed by atoms with Crippen molar-refractivity contribution in [2.24, 2.45) is 12.8 Å². The number of primary amides is 1. The maximum atomic E-state index is 11.3. The number of ether oxygens (including phenoxy) is 1. The van der Waals surface area contributed by atoms with Gasteiger partial charge in [-0.05, 0) is 19.1 Å². The molecule has 2 aromatic rings. The molecule has 0 aliphatic rings. The fraction of sp³-hybridized carbons (Fsp3) is 0.154. The Kier molecular flexibility index (Phi) is 3.21. The van der Waals surface area contributed by atoms with Crippen LogP contribution in [0.2, 0.25) is 0 Å². The van der Waals surface area contributed by atoms with Crippen LogP contribution in [0.3, 0.4) is 0 Å². The Morgan fingerprint density at radius 1 is 1.47 bits per heavy atom. The Morgan fingerprint density at radius 2 is 2.16 bits per heavy atom. The Balaban J connectivity index is 2.48. The van der Waals surface area contributed by atoms with Crippen LogP contribution >= 0.6 is 0 Å². The molecule has 6 heteroatoms. The molecule has 1 amide bonds. The predicted octanol–water partition coefficient (Wildman–Crippen LogP) is 1.49. The van der Waals surface area contributed by atoms with Gasteiger partial charge in [0.2, 0.25) is 5.88 Å². The molecule has 0 spiro atoms. The van der Waals surface area contributed by atoms with Crippen LogP contribution in [0.5, 0.6) is 11.6 Å². The van der Waals surface area contributed by atoms with E-state index >= 15 is 0 Å². The third kappa shape index (κ3) is 2.26. The lowest BCUT2D eigenvalue weighted by molar-refractivity contribution is 0.0998. The van der Waals surface area contributed by atoms with E-state index in [9.17, 15) is 4.79 Å². The number of hydrogen-bond donors (Lipinski definition) is 1. The summed E-state index contributed by atoms with van der Waals surface area (Å²) < 4.78 is 7.07. The van der Waals surface area contributed by atoms with Crippen molar-refractivity contribution in [1.82, 2.24) is 9.78 Å². The number of aryl methyl sites for hydroxylation is 2. The third-order valence-corrected chi connectivity index (χ3v) is 2.64. The van der Waals surface area contributed by atoms with Gasteiger partial charge >= 0.3 is 0 Å². The van der Waals surface area contributed by atoms with Crippen molar-refractivity contribution >= 4 is 5.91 Å². The van der Waals surface area contributed by atoms with Crippen molar-refractivity contribution in [2.45, 2.75) is 6.92 Å². The maximum absolute atomic E-state index is 11.3. The van der Waals surface area contributed by atoms with E-state index in [0.29, 0.717) is 17.0 Å². The first-order chi connectivity index (χ1) is 9.04. The highest BCUT2D eigenvalue weighted by Crippen LogP contribution is 2.28. The molecule has 0 saturated carbocycles. The van der Waals surface area contributed by atoms with Crippen LogP contribution < -0.4 is 10.5 Å². The predicted molar refractivity (Wildman–Crippen MR) is 67.7 cm³/mol. The van der Waals surface area contributed by atoms with Crippen molar-refractivity contribution in [3.63, 3.8) is 0 Å². The molecule has 2 N–H and O–H groups in total. The molecular formula is C13H12N4O2. The molecule has 2 rings (SSSR count). The highest BCUT2D eigenvalue weighted by molar-refractivity contribution is 5.95. The van der Waals surface area contributed by atoms with Crippen LogP contribution in [0.15, 0.2) is 24.3 Å². The molecule has 1 aromatic carbocycles. The lowest BCUT2D eigenvalue weighted by Crippen LogP contribution is -2.12. The van der Waals surface area contributed by atoms with Crippen molar-refractivity contribution in [2.75, 3.05) is 0 Å². The van der Waals surface area contributed by atoms with Gasteiger partial charge in [-0.3, -0.25) is 4.79 Å². The average molecular weight is 256 g/mol. The summed E-state index contributed by atoms with van der Waals surface area (Å²) in [6.07, 6.45) is 0. The normalized spacial score (nSPS) is 9.95. The maximum Gasteiger partial charge on any atom is 0.252 e. The van der Waals surface area contributed by atoms with Crippen LogP contribution in [0.4, 0.5) is 0 Å². The molecule has 0 aliphatic heterocycles. The third-order valence-electron chi connectivity index (χ3n) is 2.64. The van der Waals surface area contributed by atoms with Gasteiger partial charge in [-0.15, -0.1) is 0 Å². The van der Waals surface area contributed by atoms with Gasteiger partial charge in [0.05, 0.1) is 11.3 Å². The molecular weight excluding hydrogens is 244 g/mol. The number of nitriles is 1. The fourth-order valence-electron chi connectivity index (χ4n) is 1.75. The number of nitrogens with two attached hydrogens (primary N) is 1. The summed E-state index contributed by atoms with van der Waals surface area (Å²) >= 11 is 0. The van der Waals surface area contributed by atoms with Gasteiger partial charge < -0.3 is 10.5 Å². The van der Waals surface area contributed by atoms with E-state index in [2.05, 4.69) is 5.10 Å². The number of carbonyl (C=O) groups excluding carboxylic acids is 1. The summed E-state index contributed by atoms with van der Waals surface area (Å²) in [5.41, 5.74) is 6.43. The lowest BCUT2D eigenvalue weighted by atomic mass is 10.2. The zero-order chi connectivity index (χ0) is 14.0.